The van der Waals surface area contributed by atoms with Crippen molar-refractivity contribution in [2.24, 2.45) is 0 Å². The van der Waals surface area contributed by atoms with Gasteiger partial charge in [-0.3, -0.25) is 0 Å². The van der Waals surface area contributed by atoms with Crippen molar-refractivity contribution in [2.45, 2.75) is 113 Å². The highest BCUT2D eigenvalue weighted by Crippen LogP contribution is 2.54. The second-order valence-corrected chi connectivity index (χ2v) is 17.5. The molecule has 4 aromatic rings. The van der Waals surface area contributed by atoms with Crippen LogP contribution in [0.5, 0.6) is 11.5 Å². The molecule has 0 spiro atoms. The molecule has 2 heterocycles. The molecule has 0 amide bonds. The summed E-state index contributed by atoms with van der Waals surface area (Å²) in [6.07, 6.45) is 17.4. The van der Waals surface area contributed by atoms with E-state index in [1.165, 1.54) is 99.3 Å². The maximum atomic E-state index is 9.10. The third kappa shape index (κ3) is 15.2. The zero-order valence-electron chi connectivity index (χ0n) is 37.9. The highest BCUT2D eigenvalue weighted by molar-refractivity contribution is 6.27. The number of carboxylic acids is 4. The molecule has 4 atom stereocenters. The summed E-state index contributed by atoms with van der Waals surface area (Å²) in [7, 11) is 4.53. The van der Waals surface area contributed by atoms with Crippen LogP contribution in [0.15, 0.2) is 109 Å². The van der Waals surface area contributed by atoms with E-state index in [1.807, 2.05) is 0 Å². The van der Waals surface area contributed by atoms with E-state index < -0.39 is 23.9 Å². The van der Waals surface area contributed by atoms with Crippen molar-refractivity contribution in [1.82, 2.24) is 9.80 Å². The van der Waals surface area contributed by atoms with E-state index in [1.54, 1.807) is 0 Å². The first-order valence-corrected chi connectivity index (χ1v) is 22.8. The summed E-state index contributed by atoms with van der Waals surface area (Å²) in [4.78, 5) is 41.4. The Morgan fingerprint density at radius 3 is 1.20 bits per heavy atom. The van der Waals surface area contributed by atoms with Crippen LogP contribution in [0.25, 0.3) is 0 Å². The van der Waals surface area contributed by atoms with Gasteiger partial charge in [0.2, 0.25) is 0 Å². The number of hydrogen-bond acceptors (Lipinski definition) is 8. The molecule has 352 valence electrons. The molecular weight excluding hydrogens is 829 g/mol. The topological polar surface area (TPSA) is 206 Å². The maximum absolute atomic E-state index is 9.10. The van der Waals surface area contributed by atoms with Crippen molar-refractivity contribution < 1.29 is 54.6 Å². The van der Waals surface area contributed by atoms with Crippen molar-refractivity contribution in [3.8, 4) is 11.5 Å². The van der Waals surface area contributed by atoms with Crippen molar-refractivity contribution in [2.75, 3.05) is 40.3 Å². The number of benzene rings is 4. The number of aryl methyl sites for hydroxylation is 2. The number of fused-ring (bicyclic) bond motifs is 6. The first-order chi connectivity index (χ1) is 30.8. The average Bonchev–Trinajstić information content (AvgIpc) is 3.82. The molecule has 8 rings (SSSR count). The van der Waals surface area contributed by atoms with Crippen LogP contribution in [0, 0.1) is 0 Å². The maximum Gasteiger partial charge on any atom is 0.414 e. The molecule has 6 N–H and O–H groups in total. The van der Waals surface area contributed by atoms with Gasteiger partial charge < -0.3 is 45.2 Å². The van der Waals surface area contributed by atoms with Crippen molar-refractivity contribution >= 4 is 23.9 Å². The molecule has 0 aromatic heterocycles. The van der Waals surface area contributed by atoms with Gasteiger partial charge in [0.25, 0.3) is 0 Å². The summed E-state index contributed by atoms with van der Waals surface area (Å²) in [6, 6.07) is 39.1. The number of para-hydroxylation sites is 2. The van der Waals surface area contributed by atoms with Gasteiger partial charge in [0, 0.05) is 48.9 Å². The fourth-order valence-electron chi connectivity index (χ4n) is 9.78. The Morgan fingerprint density at radius 1 is 0.508 bits per heavy atom. The zero-order chi connectivity index (χ0) is 46.0. The van der Waals surface area contributed by atoms with E-state index >= 15 is 0 Å². The Labute approximate surface area is 383 Å². The summed E-state index contributed by atoms with van der Waals surface area (Å²) in [5.41, 5.74) is 5.91. The van der Waals surface area contributed by atoms with Crippen LogP contribution in [0.4, 0.5) is 0 Å². The number of carbonyl (C=O) groups is 4. The van der Waals surface area contributed by atoms with Crippen LogP contribution in [-0.2, 0) is 32.0 Å². The first kappa shape index (κ1) is 51.9. The average molecular weight is 897 g/mol. The highest BCUT2D eigenvalue weighted by atomic mass is 16.5. The van der Waals surface area contributed by atoms with Gasteiger partial charge in [-0.2, -0.15) is 0 Å². The van der Waals surface area contributed by atoms with Crippen molar-refractivity contribution in [1.29, 1.82) is 0 Å². The Morgan fingerprint density at radius 2 is 0.846 bits per heavy atom. The molecule has 2 aliphatic heterocycles. The molecule has 13 nitrogen and oxygen atoms in total. The third-order valence-electron chi connectivity index (χ3n) is 13.1. The van der Waals surface area contributed by atoms with E-state index in [-0.39, 0.29) is 16.7 Å². The number of nitrogens with zero attached hydrogens (tertiary/aromatic N) is 2. The molecule has 2 saturated carbocycles. The predicted octanol–water partition coefficient (Wildman–Crippen LogP) is 8.35. The summed E-state index contributed by atoms with van der Waals surface area (Å²) in [5.74, 6) is -3.80. The number of ether oxygens (including phenoxy) is 2. The van der Waals surface area contributed by atoms with E-state index in [9.17, 15) is 0 Å². The van der Waals surface area contributed by atoms with Crippen LogP contribution >= 0.6 is 0 Å². The molecule has 13 heteroatoms. The lowest BCUT2D eigenvalue weighted by molar-refractivity contribution is -0.159. The smallest absolute Gasteiger partial charge is 0.414 e. The lowest BCUT2D eigenvalue weighted by atomic mass is 9.72. The van der Waals surface area contributed by atoms with Crippen LogP contribution in [-0.4, -0.2) is 111 Å². The predicted molar refractivity (Wildman–Crippen MR) is 250 cm³/mol. The minimum Gasteiger partial charge on any atom is -0.486 e. The highest BCUT2D eigenvalue weighted by Gasteiger charge is 2.50. The van der Waals surface area contributed by atoms with Gasteiger partial charge in [-0.05, 0) is 115 Å². The van der Waals surface area contributed by atoms with Gasteiger partial charge in [-0.1, -0.05) is 110 Å². The lowest BCUT2D eigenvalue weighted by Crippen LogP contribution is -2.43. The summed E-state index contributed by atoms with van der Waals surface area (Å²) < 4.78 is 13.2. The second-order valence-electron chi connectivity index (χ2n) is 17.5. The molecule has 2 fully saturated rings. The summed E-state index contributed by atoms with van der Waals surface area (Å²) in [5, 5.41) is 29.6. The minimum absolute atomic E-state index is 0. The summed E-state index contributed by atoms with van der Waals surface area (Å²) in [6.45, 7) is 4.56. The van der Waals surface area contributed by atoms with Gasteiger partial charge in [0.1, 0.15) is 22.7 Å². The monoisotopic (exact) mass is 896 g/mol. The Hall–Kier alpha value is -5.76. The molecule has 0 radical (unpaired) electrons. The Bertz CT molecular complexity index is 1930. The molecule has 4 aromatic carbocycles. The molecule has 4 aliphatic rings. The largest absolute Gasteiger partial charge is 0.486 e. The van der Waals surface area contributed by atoms with E-state index in [2.05, 4.69) is 133 Å². The number of hydrogen-bond donors (Lipinski definition) is 4. The van der Waals surface area contributed by atoms with Crippen LogP contribution in [0.1, 0.15) is 111 Å². The first-order valence-electron chi connectivity index (χ1n) is 22.8. The Balaban J connectivity index is 0.000000225. The van der Waals surface area contributed by atoms with Crippen LogP contribution in [0.3, 0.4) is 0 Å². The number of aliphatic carboxylic acids is 4. The number of carboxylic acid groups (broad SMARTS) is 4. The van der Waals surface area contributed by atoms with Crippen molar-refractivity contribution in [3.05, 3.63) is 131 Å². The molecule has 65 heavy (non-hydrogen) atoms. The SMILES string of the molecule is CN(CCCc1ccccc1)CC[C@@]12CCCC[C@@H]1c1ccccc1O2.CN(CCCc1ccccc1)CC[C@@]12CCCC[C@@H]1c1ccccc1O2.O.O=C(O)C(=O)O.O=C(O)C(=O)O. The minimum atomic E-state index is -1.82. The molecule has 2 aliphatic carbocycles. The van der Waals surface area contributed by atoms with Crippen LogP contribution < -0.4 is 9.47 Å². The summed E-state index contributed by atoms with van der Waals surface area (Å²) >= 11 is 0. The molecular formula is C52H68N2O11. The van der Waals surface area contributed by atoms with E-state index in [0.29, 0.717) is 11.8 Å². The van der Waals surface area contributed by atoms with Gasteiger partial charge in [-0.15, -0.1) is 0 Å². The van der Waals surface area contributed by atoms with Gasteiger partial charge in [0.15, 0.2) is 0 Å². The van der Waals surface area contributed by atoms with E-state index in [4.69, 9.17) is 49.1 Å². The number of rotatable bonds is 14. The fraction of sp³-hybridized carbons (Fsp3) is 0.462. The molecule has 0 unspecified atom stereocenters. The van der Waals surface area contributed by atoms with Crippen molar-refractivity contribution in [3.63, 3.8) is 0 Å². The second kappa shape index (κ2) is 25.7. The standard InChI is InChI=1S/2C24H31NO.2C2H2O4.H2O/c2*1-25(18-9-12-20-10-3-2-4-11-20)19-17-24-16-8-7-14-22(24)21-13-5-6-15-23(21)26-24;2*3-1(4)2(5)6;/h2*2-6,10-11,13,15,22H,7-9,12,14,16-19H2,1H3;2*(H,3,4)(H,5,6);1H2/t2*22-,24+;;;/m11.../s1. The third-order valence-corrected chi connectivity index (χ3v) is 13.1. The van der Waals surface area contributed by atoms with Gasteiger partial charge >= 0.3 is 23.9 Å². The quantitative estimate of drug-likeness (QED) is 0.0882. The van der Waals surface area contributed by atoms with Gasteiger partial charge in [0.05, 0.1) is 0 Å². The van der Waals surface area contributed by atoms with E-state index in [0.717, 1.165) is 50.5 Å². The normalized spacial score (nSPS) is 20.7. The Kier molecular flexibility index (Phi) is 20.5. The van der Waals surface area contributed by atoms with Gasteiger partial charge in [-0.25, -0.2) is 19.2 Å². The zero-order valence-corrected chi connectivity index (χ0v) is 37.9. The molecule has 0 bridgehead atoms. The van der Waals surface area contributed by atoms with Crippen LogP contribution in [0.2, 0.25) is 0 Å². The lowest BCUT2D eigenvalue weighted by Gasteiger charge is -2.39. The fourth-order valence-corrected chi connectivity index (χ4v) is 9.78. The molecule has 0 saturated heterocycles.